The third kappa shape index (κ3) is 3.88. The van der Waals surface area contributed by atoms with E-state index in [0.29, 0.717) is 17.5 Å². The van der Waals surface area contributed by atoms with Gasteiger partial charge in [-0.1, -0.05) is 55.8 Å². The van der Waals surface area contributed by atoms with E-state index in [0.717, 1.165) is 5.57 Å². The van der Waals surface area contributed by atoms with Crippen molar-refractivity contribution in [3.63, 3.8) is 0 Å². The molecule has 0 spiro atoms. The highest BCUT2D eigenvalue weighted by Gasteiger charge is 2.29. The van der Waals surface area contributed by atoms with E-state index in [1.54, 1.807) is 6.92 Å². The van der Waals surface area contributed by atoms with Crippen molar-refractivity contribution in [2.24, 2.45) is 5.92 Å². The normalized spacial score (nSPS) is 12.0. The Morgan fingerprint density at radius 2 is 1.80 bits per heavy atom. The maximum Gasteiger partial charge on any atom is 0.336 e. The van der Waals surface area contributed by atoms with Crippen LogP contribution in [0.15, 0.2) is 57.3 Å². The summed E-state index contributed by atoms with van der Waals surface area (Å²) in [7, 11) is 0. The fourth-order valence-electron chi connectivity index (χ4n) is 3.43. The topological polar surface area (TPSA) is 87.7 Å². The molecule has 5 heteroatoms. The first-order chi connectivity index (χ1) is 14.3. The van der Waals surface area contributed by atoms with Crippen LogP contribution in [-0.4, -0.2) is 16.0 Å². The Hall–Kier alpha value is -3.34. The number of carbonyl (C=O) groups is 1. The molecular formula is C25H26O5. The zero-order valence-corrected chi connectivity index (χ0v) is 17.7. The van der Waals surface area contributed by atoms with Gasteiger partial charge in [-0.15, -0.1) is 0 Å². The van der Waals surface area contributed by atoms with Gasteiger partial charge in [-0.2, -0.15) is 0 Å². The summed E-state index contributed by atoms with van der Waals surface area (Å²) in [6.45, 7) is 7.46. The van der Waals surface area contributed by atoms with Crippen molar-refractivity contribution in [3.8, 4) is 22.6 Å². The molecule has 0 aliphatic carbocycles. The molecule has 0 fully saturated rings. The summed E-state index contributed by atoms with van der Waals surface area (Å²) in [4.78, 5) is 25.5. The maximum absolute atomic E-state index is 13.2. The fourth-order valence-corrected chi connectivity index (χ4v) is 3.43. The highest BCUT2D eigenvalue weighted by Crippen LogP contribution is 2.44. The van der Waals surface area contributed by atoms with Crippen molar-refractivity contribution in [1.82, 2.24) is 0 Å². The van der Waals surface area contributed by atoms with Crippen LogP contribution in [0, 0.1) is 5.92 Å². The predicted octanol–water partition coefficient (Wildman–Crippen LogP) is 5.61. The van der Waals surface area contributed by atoms with E-state index >= 15 is 0 Å². The summed E-state index contributed by atoms with van der Waals surface area (Å²) in [5.74, 6) is -1.24. The number of phenols is 2. The van der Waals surface area contributed by atoms with Gasteiger partial charge < -0.3 is 14.6 Å². The first-order valence-corrected chi connectivity index (χ1v) is 10.0. The minimum Gasteiger partial charge on any atom is -0.507 e. The summed E-state index contributed by atoms with van der Waals surface area (Å²) in [6, 6.07) is 10.4. The van der Waals surface area contributed by atoms with Crippen molar-refractivity contribution < 1.29 is 19.4 Å². The van der Waals surface area contributed by atoms with E-state index in [1.165, 1.54) is 6.07 Å². The van der Waals surface area contributed by atoms with Gasteiger partial charge in [0.25, 0.3) is 0 Å². The second kappa shape index (κ2) is 8.57. The van der Waals surface area contributed by atoms with Gasteiger partial charge in [0.05, 0.1) is 5.39 Å². The number of aromatic hydroxyl groups is 2. The van der Waals surface area contributed by atoms with E-state index in [4.69, 9.17) is 4.42 Å². The largest absolute Gasteiger partial charge is 0.507 e. The predicted molar refractivity (Wildman–Crippen MR) is 118 cm³/mol. The van der Waals surface area contributed by atoms with E-state index in [9.17, 15) is 19.8 Å². The molecule has 0 aliphatic rings. The smallest absolute Gasteiger partial charge is 0.336 e. The summed E-state index contributed by atoms with van der Waals surface area (Å²) in [5, 5.41) is 22.3. The molecule has 0 unspecified atom stereocenters. The molecule has 1 atom stereocenters. The Morgan fingerprint density at radius 3 is 2.40 bits per heavy atom. The van der Waals surface area contributed by atoms with Crippen molar-refractivity contribution in [2.75, 3.05) is 0 Å². The lowest BCUT2D eigenvalue weighted by atomic mass is 9.89. The molecule has 1 heterocycles. The summed E-state index contributed by atoms with van der Waals surface area (Å²) in [5.41, 5.74) is 1.61. The number of hydrogen-bond donors (Lipinski definition) is 2. The molecule has 0 saturated carbocycles. The third-order valence-corrected chi connectivity index (χ3v) is 5.34. The molecule has 30 heavy (non-hydrogen) atoms. The number of benzene rings is 2. The number of carbonyl (C=O) groups excluding carboxylic acids is 1. The number of allylic oxidation sites excluding steroid dienone is 2. The molecule has 0 bridgehead atoms. The number of fused-ring (bicyclic) bond motifs is 1. The van der Waals surface area contributed by atoms with Crippen molar-refractivity contribution in [3.05, 3.63) is 69.6 Å². The molecule has 3 aromatic rings. The van der Waals surface area contributed by atoms with Crippen LogP contribution < -0.4 is 5.63 Å². The van der Waals surface area contributed by atoms with Gasteiger partial charge in [0.2, 0.25) is 0 Å². The highest BCUT2D eigenvalue weighted by molar-refractivity contribution is 6.14. The van der Waals surface area contributed by atoms with Gasteiger partial charge in [-0.3, -0.25) is 4.79 Å². The van der Waals surface area contributed by atoms with Crippen LogP contribution in [0.3, 0.4) is 0 Å². The van der Waals surface area contributed by atoms with Crippen LogP contribution in [0.4, 0.5) is 0 Å². The molecule has 2 N–H and O–H groups in total. The van der Waals surface area contributed by atoms with Gasteiger partial charge in [-0.25, -0.2) is 4.79 Å². The molecule has 0 radical (unpaired) electrons. The van der Waals surface area contributed by atoms with Crippen LogP contribution in [0.2, 0.25) is 0 Å². The SMILES string of the molecule is CC[C@@H](C)C(=O)c1c(O)c(CC=C(C)C)c(O)c2c(-c3ccccc3)cc(=O)oc12. The molecule has 0 saturated heterocycles. The number of phenolic OH excluding ortho intramolecular Hbond substituents is 2. The Balaban J connectivity index is 2.50. The van der Waals surface area contributed by atoms with Crippen molar-refractivity contribution in [1.29, 1.82) is 0 Å². The Labute approximate surface area is 175 Å². The Kier molecular flexibility index (Phi) is 6.11. The van der Waals surface area contributed by atoms with E-state index in [-0.39, 0.29) is 51.7 Å². The first-order valence-electron chi connectivity index (χ1n) is 10.0. The minimum atomic E-state index is -0.657. The number of Topliss-reactive ketones (excluding diaryl/α,β-unsaturated/α-hetero) is 1. The molecule has 1 aromatic heterocycles. The minimum absolute atomic E-state index is 0.0517. The zero-order chi connectivity index (χ0) is 22.0. The summed E-state index contributed by atoms with van der Waals surface area (Å²) >= 11 is 0. The van der Waals surface area contributed by atoms with Gasteiger partial charge in [0.1, 0.15) is 17.1 Å². The van der Waals surface area contributed by atoms with Crippen LogP contribution in [0.5, 0.6) is 11.5 Å². The molecule has 5 nitrogen and oxygen atoms in total. The first kappa shape index (κ1) is 21.4. The van der Waals surface area contributed by atoms with Crippen LogP contribution in [-0.2, 0) is 6.42 Å². The average molecular weight is 406 g/mol. The van der Waals surface area contributed by atoms with Crippen LogP contribution in [0.25, 0.3) is 22.1 Å². The monoisotopic (exact) mass is 406 g/mol. The second-order valence-electron chi connectivity index (χ2n) is 7.76. The van der Waals surface area contributed by atoms with Crippen LogP contribution in [0.1, 0.15) is 50.0 Å². The quantitative estimate of drug-likeness (QED) is 0.316. The number of hydrogen-bond acceptors (Lipinski definition) is 5. The maximum atomic E-state index is 13.2. The zero-order valence-electron chi connectivity index (χ0n) is 17.7. The van der Waals surface area contributed by atoms with E-state index in [2.05, 4.69) is 0 Å². The summed E-state index contributed by atoms with van der Waals surface area (Å²) < 4.78 is 5.40. The van der Waals surface area contributed by atoms with Crippen molar-refractivity contribution >= 4 is 16.8 Å². The highest BCUT2D eigenvalue weighted by atomic mass is 16.4. The molecule has 156 valence electrons. The van der Waals surface area contributed by atoms with Gasteiger partial charge in [-0.05, 0) is 32.3 Å². The van der Waals surface area contributed by atoms with Gasteiger partial charge in [0.15, 0.2) is 11.4 Å². The van der Waals surface area contributed by atoms with Gasteiger partial charge >= 0.3 is 5.63 Å². The molecule has 3 rings (SSSR count). The Morgan fingerprint density at radius 1 is 1.13 bits per heavy atom. The number of rotatable bonds is 6. The lowest BCUT2D eigenvalue weighted by Crippen LogP contribution is -2.13. The second-order valence-corrected chi connectivity index (χ2v) is 7.76. The van der Waals surface area contributed by atoms with Gasteiger partial charge in [0, 0.05) is 23.1 Å². The van der Waals surface area contributed by atoms with Crippen molar-refractivity contribution in [2.45, 2.75) is 40.5 Å². The standard InChI is InChI=1S/C25H26O5/c1-5-15(4)22(27)21-24(29)17(12-11-14(2)3)23(28)20-18(13-19(26)30-25(20)21)16-9-7-6-8-10-16/h6-11,13,15,28-29H,5,12H2,1-4H3/t15-/m1/s1. The van der Waals surface area contributed by atoms with E-state index in [1.807, 2.05) is 57.2 Å². The van der Waals surface area contributed by atoms with Crippen LogP contribution >= 0.6 is 0 Å². The number of ketones is 1. The average Bonchev–Trinajstić information content (AvgIpc) is 2.72. The summed E-state index contributed by atoms with van der Waals surface area (Å²) in [6.07, 6.45) is 2.66. The third-order valence-electron chi connectivity index (χ3n) is 5.34. The van der Waals surface area contributed by atoms with E-state index < -0.39 is 5.63 Å². The molecular weight excluding hydrogens is 380 g/mol. The lowest BCUT2D eigenvalue weighted by Gasteiger charge is -2.18. The molecule has 0 aliphatic heterocycles. The molecule has 0 amide bonds. The fraction of sp³-hybridized carbons (Fsp3) is 0.280. The molecule has 2 aromatic carbocycles. The Bertz CT molecular complexity index is 1180. The lowest BCUT2D eigenvalue weighted by molar-refractivity contribution is 0.0925.